The van der Waals surface area contributed by atoms with Gasteiger partial charge in [-0.3, -0.25) is 0 Å². The van der Waals surface area contributed by atoms with Crippen molar-refractivity contribution in [3.8, 4) is 28.1 Å². The van der Waals surface area contributed by atoms with E-state index in [1.165, 1.54) is 0 Å². The van der Waals surface area contributed by atoms with Crippen LogP contribution in [-0.2, 0) is 0 Å². The number of para-hydroxylation sites is 1. The van der Waals surface area contributed by atoms with E-state index in [9.17, 15) is 0 Å². The number of hydrogen-bond acceptors (Lipinski definition) is 2. The zero-order valence-corrected chi connectivity index (χ0v) is 17.0. The van der Waals surface area contributed by atoms with Gasteiger partial charge in [-0.25, -0.2) is 9.67 Å². The van der Waals surface area contributed by atoms with Gasteiger partial charge >= 0.3 is 0 Å². The van der Waals surface area contributed by atoms with Gasteiger partial charge < -0.3 is 0 Å². The first kappa shape index (κ1) is 18.8. The Morgan fingerprint density at radius 1 is 0.581 bits per heavy atom. The first-order chi connectivity index (χ1) is 15.4. The maximum atomic E-state index is 5.04. The first-order valence-electron chi connectivity index (χ1n) is 10.3. The molecule has 0 saturated carbocycles. The minimum atomic E-state index is 0.806. The van der Waals surface area contributed by atoms with E-state index < -0.39 is 0 Å². The van der Waals surface area contributed by atoms with E-state index in [0.717, 1.165) is 39.5 Å². The maximum absolute atomic E-state index is 5.04. The molecule has 148 valence electrons. The van der Waals surface area contributed by atoms with Crippen LogP contribution in [0.4, 0.5) is 5.82 Å². The zero-order valence-electron chi connectivity index (χ0n) is 17.0. The summed E-state index contributed by atoms with van der Waals surface area (Å²) < 4.78 is 1.93. The van der Waals surface area contributed by atoms with E-state index in [2.05, 4.69) is 48.5 Å². The molecule has 0 N–H and O–H groups in total. The molecule has 3 nitrogen and oxygen atoms in total. The van der Waals surface area contributed by atoms with E-state index in [1.807, 2.05) is 83.7 Å². The molecule has 3 heteroatoms. The Kier molecular flexibility index (Phi) is 5.23. The summed E-state index contributed by atoms with van der Waals surface area (Å²) in [7, 11) is 0. The molecule has 1 heterocycles. The van der Waals surface area contributed by atoms with Crippen LogP contribution in [0.25, 0.3) is 28.1 Å². The second-order valence-corrected chi connectivity index (χ2v) is 7.20. The van der Waals surface area contributed by atoms with E-state index >= 15 is 0 Å². The van der Waals surface area contributed by atoms with Gasteiger partial charge in [0.15, 0.2) is 5.82 Å². The molecule has 31 heavy (non-hydrogen) atoms. The summed E-state index contributed by atoms with van der Waals surface area (Å²) in [5.41, 5.74) is 6.10. The molecule has 0 aliphatic carbocycles. The highest BCUT2D eigenvalue weighted by Gasteiger charge is 2.21. The van der Waals surface area contributed by atoms with Crippen LogP contribution in [-0.4, -0.2) is 16.0 Å². The van der Waals surface area contributed by atoms with E-state index in [0.29, 0.717) is 0 Å². The maximum Gasteiger partial charge on any atom is 0.164 e. The lowest BCUT2D eigenvalue weighted by atomic mass is 10.0. The van der Waals surface area contributed by atoms with Crippen molar-refractivity contribution in [3.05, 3.63) is 127 Å². The van der Waals surface area contributed by atoms with Gasteiger partial charge in [-0.15, -0.1) is 0 Å². The standard InChI is InChI=1S/C28H21N3/c1-5-13-22(14-6-1)21-29-28-26(23-15-7-2-8-16-23)27(24-17-9-3-10-18-24)30-31(28)25-19-11-4-12-20-25/h1-21H/b29-21+. The highest BCUT2D eigenvalue weighted by Crippen LogP contribution is 2.40. The molecular weight excluding hydrogens is 378 g/mol. The molecule has 0 unspecified atom stereocenters. The van der Waals surface area contributed by atoms with Gasteiger partial charge in [-0.1, -0.05) is 109 Å². The fraction of sp³-hybridized carbons (Fsp3) is 0. The second-order valence-electron chi connectivity index (χ2n) is 7.20. The number of rotatable bonds is 5. The molecule has 0 aliphatic rings. The molecule has 5 aromatic rings. The van der Waals surface area contributed by atoms with Crippen molar-refractivity contribution in [2.45, 2.75) is 0 Å². The van der Waals surface area contributed by atoms with Gasteiger partial charge in [0.25, 0.3) is 0 Å². The van der Waals surface area contributed by atoms with Crippen molar-refractivity contribution >= 4 is 12.0 Å². The van der Waals surface area contributed by atoms with Crippen LogP contribution in [0.5, 0.6) is 0 Å². The van der Waals surface area contributed by atoms with Crippen LogP contribution in [0.15, 0.2) is 126 Å². The third-order valence-electron chi connectivity index (χ3n) is 5.11. The number of hydrogen-bond donors (Lipinski definition) is 0. The Bertz CT molecular complexity index is 1290. The highest BCUT2D eigenvalue weighted by molar-refractivity contribution is 5.91. The predicted molar refractivity (Wildman–Crippen MR) is 128 cm³/mol. The highest BCUT2D eigenvalue weighted by atomic mass is 15.3. The summed E-state index contributed by atoms with van der Waals surface area (Å²) in [4.78, 5) is 4.95. The minimum Gasteiger partial charge on any atom is -0.236 e. The van der Waals surface area contributed by atoms with Crippen LogP contribution in [0.2, 0.25) is 0 Å². The van der Waals surface area contributed by atoms with Gasteiger partial charge in [-0.2, -0.15) is 5.10 Å². The van der Waals surface area contributed by atoms with Gasteiger partial charge in [0.05, 0.1) is 11.3 Å². The lowest BCUT2D eigenvalue weighted by molar-refractivity contribution is 0.885. The molecule has 5 rings (SSSR count). The molecule has 0 spiro atoms. The third kappa shape index (κ3) is 3.94. The van der Waals surface area contributed by atoms with Crippen molar-refractivity contribution < 1.29 is 0 Å². The molecule has 0 fully saturated rings. The van der Waals surface area contributed by atoms with Crippen LogP contribution in [0, 0.1) is 0 Å². The van der Waals surface area contributed by atoms with Crippen molar-refractivity contribution in [3.63, 3.8) is 0 Å². The average molecular weight is 399 g/mol. The number of nitrogens with zero attached hydrogens (tertiary/aromatic N) is 3. The van der Waals surface area contributed by atoms with Crippen molar-refractivity contribution in [2.24, 2.45) is 4.99 Å². The molecular formula is C28H21N3. The van der Waals surface area contributed by atoms with Gasteiger partial charge in [0, 0.05) is 11.8 Å². The predicted octanol–water partition coefficient (Wildman–Crippen LogP) is 6.96. The second kappa shape index (κ2) is 8.64. The lowest BCUT2D eigenvalue weighted by Gasteiger charge is -2.06. The van der Waals surface area contributed by atoms with Crippen LogP contribution in [0.3, 0.4) is 0 Å². The zero-order chi connectivity index (χ0) is 20.9. The topological polar surface area (TPSA) is 30.2 Å². The summed E-state index contributed by atoms with van der Waals surface area (Å²) in [6.45, 7) is 0. The van der Waals surface area contributed by atoms with Crippen LogP contribution >= 0.6 is 0 Å². The summed E-state index contributed by atoms with van der Waals surface area (Å²) in [6, 6.07) is 40.9. The van der Waals surface area contributed by atoms with E-state index in [-0.39, 0.29) is 0 Å². The molecule has 0 saturated heterocycles. The Hall–Kier alpha value is -4.24. The molecule has 0 aliphatic heterocycles. The summed E-state index contributed by atoms with van der Waals surface area (Å²) in [5, 5.41) is 5.04. The SMILES string of the molecule is C(=N\c1c(-c2ccccc2)c(-c2ccccc2)nn1-c1ccccc1)/c1ccccc1. The normalized spacial score (nSPS) is 11.1. The minimum absolute atomic E-state index is 0.806. The summed E-state index contributed by atoms with van der Waals surface area (Å²) in [5.74, 6) is 0.806. The monoisotopic (exact) mass is 399 g/mol. The van der Waals surface area contributed by atoms with Crippen molar-refractivity contribution in [1.29, 1.82) is 0 Å². The van der Waals surface area contributed by atoms with E-state index in [4.69, 9.17) is 10.1 Å². The van der Waals surface area contributed by atoms with Crippen molar-refractivity contribution in [2.75, 3.05) is 0 Å². The molecule has 0 bridgehead atoms. The third-order valence-corrected chi connectivity index (χ3v) is 5.11. The van der Waals surface area contributed by atoms with Crippen LogP contribution in [0.1, 0.15) is 5.56 Å². The number of aromatic nitrogens is 2. The molecule has 0 amide bonds. The summed E-state index contributed by atoms with van der Waals surface area (Å²) in [6.07, 6.45) is 1.90. The van der Waals surface area contributed by atoms with Gasteiger partial charge in [0.1, 0.15) is 5.69 Å². The Morgan fingerprint density at radius 2 is 1.10 bits per heavy atom. The fourth-order valence-electron chi connectivity index (χ4n) is 3.62. The number of aliphatic imine (C=N–C) groups is 1. The van der Waals surface area contributed by atoms with Crippen molar-refractivity contribution in [1.82, 2.24) is 9.78 Å². The number of benzene rings is 4. The van der Waals surface area contributed by atoms with Crippen LogP contribution < -0.4 is 0 Å². The smallest absolute Gasteiger partial charge is 0.164 e. The fourth-order valence-corrected chi connectivity index (χ4v) is 3.62. The Morgan fingerprint density at radius 3 is 1.71 bits per heavy atom. The largest absolute Gasteiger partial charge is 0.236 e. The molecule has 0 atom stereocenters. The molecule has 1 aromatic heterocycles. The van der Waals surface area contributed by atoms with E-state index in [1.54, 1.807) is 0 Å². The Balaban J connectivity index is 1.79. The summed E-state index contributed by atoms with van der Waals surface area (Å²) >= 11 is 0. The van der Waals surface area contributed by atoms with Gasteiger partial charge in [0.2, 0.25) is 0 Å². The first-order valence-corrected chi connectivity index (χ1v) is 10.3. The molecule has 4 aromatic carbocycles. The average Bonchev–Trinajstić information content (AvgIpc) is 3.24. The van der Waals surface area contributed by atoms with Gasteiger partial charge in [-0.05, 0) is 23.3 Å². The molecule has 0 radical (unpaired) electrons. The lowest BCUT2D eigenvalue weighted by Crippen LogP contribution is -1.96. The quantitative estimate of drug-likeness (QED) is 0.294. The Labute approximate surface area is 182 Å².